The number of carbonyl (C=O) groups excluding carboxylic acids is 1. The standard InChI is InChI=1S/C23H23NO4S/c25-20(19-8-11-29-16-19)15-24(14-17-4-2-1-3-5-17)23(26)13-18-6-7-21-22(12-18)28-10-9-27-21/h1-8,11-12,16,20,25H,9-10,13-15H2. The summed E-state index contributed by atoms with van der Waals surface area (Å²) in [6.07, 6.45) is -0.478. The van der Waals surface area contributed by atoms with Crippen LogP contribution in [-0.2, 0) is 17.8 Å². The number of carbonyl (C=O) groups is 1. The summed E-state index contributed by atoms with van der Waals surface area (Å²) in [4.78, 5) is 14.9. The Balaban J connectivity index is 1.50. The van der Waals surface area contributed by atoms with Crippen molar-refractivity contribution in [1.29, 1.82) is 0 Å². The summed E-state index contributed by atoms with van der Waals surface area (Å²) in [5, 5.41) is 14.4. The highest BCUT2D eigenvalue weighted by Gasteiger charge is 2.21. The van der Waals surface area contributed by atoms with E-state index < -0.39 is 6.10 Å². The SMILES string of the molecule is O=C(Cc1ccc2c(c1)OCCO2)N(Cc1ccccc1)CC(O)c1ccsc1. The average molecular weight is 410 g/mol. The molecule has 1 unspecified atom stereocenters. The maximum absolute atomic E-state index is 13.1. The van der Waals surface area contributed by atoms with Crippen molar-refractivity contribution in [2.24, 2.45) is 0 Å². The number of thiophene rings is 1. The Morgan fingerprint density at radius 1 is 1.03 bits per heavy atom. The number of hydrogen-bond acceptors (Lipinski definition) is 5. The summed E-state index contributed by atoms with van der Waals surface area (Å²) < 4.78 is 11.2. The van der Waals surface area contributed by atoms with E-state index in [1.807, 2.05) is 65.4 Å². The molecule has 1 aliphatic heterocycles. The quantitative estimate of drug-likeness (QED) is 0.644. The van der Waals surface area contributed by atoms with Crippen LogP contribution in [0.1, 0.15) is 22.8 Å². The molecule has 5 nitrogen and oxygen atoms in total. The number of aliphatic hydroxyl groups excluding tert-OH is 1. The van der Waals surface area contributed by atoms with E-state index in [-0.39, 0.29) is 18.9 Å². The van der Waals surface area contributed by atoms with Gasteiger partial charge in [0.1, 0.15) is 13.2 Å². The molecule has 6 heteroatoms. The molecule has 0 spiro atoms. The van der Waals surface area contributed by atoms with Gasteiger partial charge in [-0.15, -0.1) is 0 Å². The number of hydrogen-bond donors (Lipinski definition) is 1. The zero-order valence-electron chi connectivity index (χ0n) is 16.0. The molecule has 0 bridgehead atoms. The van der Waals surface area contributed by atoms with Gasteiger partial charge >= 0.3 is 0 Å². The second-order valence-corrected chi connectivity index (χ2v) is 7.77. The lowest BCUT2D eigenvalue weighted by molar-refractivity contribution is -0.132. The fraction of sp³-hybridized carbons (Fsp3) is 0.261. The van der Waals surface area contributed by atoms with Crippen LogP contribution >= 0.6 is 11.3 Å². The van der Waals surface area contributed by atoms with Crippen molar-refractivity contribution in [3.05, 3.63) is 82.0 Å². The highest BCUT2D eigenvalue weighted by atomic mass is 32.1. The Kier molecular flexibility index (Phi) is 6.12. The van der Waals surface area contributed by atoms with Crippen molar-refractivity contribution in [3.8, 4) is 11.5 Å². The van der Waals surface area contributed by atoms with E-state index >= 15 is 0 Å². The Bertz CT molecular complexity index is 943. The molecule has 1 atom stereocenters. The first-order valence-electron chi connectivity index (χ1n) is 9.59. The van der Waals surface area contributed by atoms with E-state index in [2.05, 4.69) is 0 Å². The molecule has 0 aliphatic carbocycles. The molecule has 0 radical (unpaired) electrons. The van der Waals surface area contributed by atoms with Gasteiger partial charge in [0.15, 0.2) is 11.5 Å². The van der Waals surface area contributed by atoms with Crippen LogP contribution in [0.5, 0.6) is 11.5 Å². The van der Waals surface area contributed by atoms with E-state index in [0.29, 0.717) is 31.3 Å². The molecule has 2 aromatic carbocycles. The van der Waals surface area contributed by atoms with Crippen molar-refractivity contribution < 1.29 is 19.4 Å². The minimum Gasteiger partial charge on any atom is -0.486 e. The Morgan fingerprint density at radius 2 is 1.83 bits per heavy atom. The number of amides is 1. The first-order chi connectivity index (χ1) is 14.2. The molecule has 3 aromatic rings. The van der Waals surface area contributed by atoms with Crippen LogP contribution in [0.2, 0.25) is 0 Å². The van der Waals surface area contributed by atoms with Crippen molar-refractivity contribution in [1.82, 2.24) is 4.90 Å². The summed E-state index contributed by atoms with van der Waals surface area (Å²) in [5.41, 5.74) is 2.73. The molecule has 0 saturated carbocycles. The van der Waals surface area contributed by atoms with Gasteiger partial charge in [0, 0.05) is 6.54 Å². The summed E-state index contributed by atoms with van der Waals surface area (Å²) in [7, 11) is 0. The molecule has 1 amide bonds. The second-order valence-electron chi connectivity index (χ2n) is 6.99. The predicted octanol–water partition coefficient (Wildman–Crippen LogP) is 3.82. The van der Waals surface area contributed by atoms with Gasteiger partial charge in [0.25, 0.3) is 0 Å². The van der Waals surface area contributed by atoms with Crippen LogP contribution < -0.4 is 9.47 Å². The lowest BCUT2D eigenvalue weighted by atomic mass is 10.1. The molecule has 0 fully saturated rings. The summed E-state index contributed by atoms with van der Waals surface area (Å²) in [5.74, 6) is 1.34. The van der Waals surface area contributed by atoms with Crippen LogP contribution in [-0.4, -0.2) is 35.7 Å². The van der Waals surface area contributed by atoms with Crippen molar-refractivity contribution in [3.63, 3.8) is 0 Å². The predicted molar refractivity (Wildman–Crippen MR) is 112 cm³/mol. The minimum atomic E-state index is -0.714. The molecular weight excluding hydrogens is 386 g/mol. The Morgan fingerprint density at radius 3 is 2.59 bits per heavy atom. The van der Waals surface area contributed by atoms with Gasteiger partial charge in [0.05, 0.1) is 19.1 Å². The van der Waals surface area contributed by atoms with Gasteiger partial charge in [-0.25, -0.2) is 0 Å². The van der Waals surface area contributed by atoms with Crippen LogP contribution in [0.4, 0.5) is 0 Å². The smallest absolute Gasteiger partial charge is 0.227 e. The maximum atomic E-state index is 13.1. The molecule has 150 valence electrons. The number of nitrogens with zero attached hydrogens (tertiary/aromatic N) is 1. The van der Waals surface area contributed by atoms with Crippen molar-refractivity contribution in [2.45, 2.75) is 19.1 Å². The minimum absolute atomic E-state index is 0.0418. The molecule has 29 heavy (non-hydrogen) atoms. The van der Waals surface area contributed by atoms with Crippen molar-refractivity contribution >= 4 is 17.2 Å². The molecule has 4 rings (SSSR count). The third-order valence-electron chi connectivity index (χ3n) is 4.85. The number of benzene rings is 2. The number of rotatable bonds is 7. The van der Waals surface area contributed by atoms with E-state index in [0.717, 1.165) is 16.7 Å². The third-order valence-corrected chi connectivity index (χ3v) is 5.55. The van der Waals surface area contributed by atoms with Gasteiger partial charge in [-0.05, 0) is 45.6 Å². The molecule has 0 saturated heterocycles. The first-order valence-corrected chi connectivity index (χ1v) is 10.5. The van der Waals surface area contributed by atoms with Gasteiger partial charge in [-0.2, -0.15) is 11.3 Å². The Labute approximate surface area is 174 Å². The van der Waals surface area contributed by atoms with Crippen LogP contribution in [0.3, 0.4) is 0 Å². The first kappa shape index (κ1) is 19.5. The van der Waals surface area contributed by atoms with E-state index in [1.54, 1.807) is 4.90 Å². The molecule has 1 aromatic heterocycles. The largest absolute Gasteiger partial charge is 0.486 e. The van der Waals surface area contributed by atoms with Crippen LogP contribution in [0.15, 0.2) is 65.4 Å². The van der Waals surface area contributed by atoms with E-state index in [4.69, 9.17) is 9.47 Å². The maximum Gasteiger partial charge on any atom is 0.227 e. The monoisotopic (exact) mass is 409 g/mol. The zero-order valence-corrected chi connectivity index (χ0v) is 16.8. The second kappa shape index (κ2) is 9.11. The van der Waals surface area contributed by atoms with Crippen LogP contribution in [0, 0.1) is 0 Å². The normalized spacial score (nSPS) is 13.7. The highest BCUT2D eigenvalue weighted by molar-refractivity contribution is 7.07. The summed E-state index contributed by atoms with van der Waals surface area (Å²) >= 11 is 1.53. The Hall–Kier alpha value is -2.83. The fourth-order valence-electron chi connectivity index (χ4n) is 3.32. The number of ether oxygens (including phenoxy) is 2. The highest BCUT2D eigenvalue weighted by Crippen LogP contribution is 2.31. The van der Waals surface area contributed by atoms with Gasteiger partial charge < -0.3 is 19.5 Å². The van der Waals surface area contributed by atoms with Gasteiger partial charge in [-0.1, -0.05) is 36.4 Å². The van der Waals surface area contributed by atoms with Crippen LogP contribution in [0.25, 0.3) is 0 Å². The van der Waals surface area contributed by atoms with Crippen molar-refractivity contribution in [2.75, 3.05) is 19.8 Å². The lowest BCUT2D eigenvalue weighted by Gasteiger charge is -2.26. The molecule has 1 aliphatic rings. The molecule has 2 heterocycles. The molecule has 1 N–H and O–H groups in total. The zero-order chi connectivity index (χ0) is 20.1. The topological polar surface area (TPSA) is 59.0 Å². The number of fused-ring (bicyclic) bond motifs is 1. The lowest BCUT2D eigenvalue weighted by Crippen LogP contribution is -2.35. The van der Waals surface area contributed by atoms with E-state index in [9.17, 15) is 9.90 Å². The van der Waals surface area contributed by atoms with Gasteiger partial charge in [0.2, 0.25) is 5.91 Å². The molecular formula is C23H23NO4S. The average Bonchev–Trinajstić information content (AvgIpc) is 3.29. The number of aliphatic hydroxyl groups is 1. The fourth-order valence-corrected chi connectivity index (χ4v) is 4.03. The summed E-state index contributed by atoms with van der Waals surface area (Å²) in [6.45, 7) is 1.74. The van der Waals surface area contributed by atoms with E-state index in [1.165, 1.54) is 11.3 Å². The summed E-state index contributed by atoms with van der Waals surface area (Å²) in [6, 6.07) is 17.3. The van der Waals surface area contributed by atoms with Gasteiger partial charge in [-0.3, -0.25) is 4.79 Å². The third kappa shape index (κ3) is 4.96.